The summed E-state index contributed by atoms with van der Waals surface area (Å²) in [7, 11) is 0. The number of nitro groups is 1. The van der Waals surface area contributed by atoms with Crippen LogP contribution in [-0.4, -0.2) is 41.3 Å². The lowest BCUT2D eigenvalue weighted by atomic mass is 10.0. The number of hydrogen-bond donors (Lipinski definition) is 4. The van der Waals surface area contributed by atoms with Crippen LogP contribution in [-0.2, 0) is 16.0 Å². The molecule has 0 radical (unpaired) electrons. The molecule has 0 saturated heterocycles. The summed E-state index contributed by atoms with van der Waals surface area (Å²) in [5.41, 5.74) is 10.2. The Hall–Kier alpha value is -3.01. The number of ketones is 1. The maximum Gasteiger partial charge on any atom is 0.279 e. The summed E-state index contributed by atoms with van der Waals surface area (Å²) in [6.45, 7) is 1.69. The van der Waals surface area contributed by atoms with Crippen molar-refractivity contribution < 1.29 is 20.4 Å². The fraction of sp³-hybridized carbons (Fsp3) is 0.438. The number of hydrazone groups is 1. The van der Waals surface area contributed by atoms with E-state index in [9.17, 15) is 19.7 Å². The van der Waals surface area contributed by atoms with E-state index in [0.29, 0.717) is 25.8 Å². The SMILES string of the molecule is CC(=O)[C@H](CCCN/C(N)=N\[N+](=O)[O-])NC(=O)[C@H]([NH3+])Cc1ccccc1. The van der Waals surface area contributed by atoms with E-state index in [4.69, 9.17) is 5.73 Å². The van der Waals surface area contributed by atoms with Crippen LogP contribution in [0.2, 0.25) is 0 Å². The first kappa shape index (κ1) is 21.0. The molecule has 7 N–H and O–H groups in total. The molecule has 26 heavy (non-hydrogen) atoms. The van der Waals surface area contributed by atoms with Gasteiger partial charge in [0, 0.05) is 13.0 Å². The molecule has 1 aromatic carbocycles. The zero-order valence-corrected chi connectivity index (χ0v) is 14.7. The van der Waals surface area contributed by atoms with Gasteiger partial charge in [0.25, 0.3) is 11.9 Å². The first-order valence-electron chi connectivity index (χ1n) is 8.19. The van der Waals surface area contributed by atoms with Gasteiger partial charge in [-0.3, -0.25) is 9.59 Å². The van der Waals surface area contributed by atoms with E-state index < -0.39 is 17.1 Å². The average Bonchev–Trinajstić information content (AvgIpc) is 2.57. The van der Waals surface area contributed by atoms with Crippen LogP contribution in [0.3, 0.4) is 0 Å². The van der Waals surface area contributed by atoms with E-state index in [-0.39, 0.29) is 17.6 Å². The fourth-order valence-corrected chi connectivity index (χ4v) is 2.30. The quantitative estimate of drug-likeness (QED) is 0.133. The minimum atomic E-state index is -0.901. The van der Waals surface area contributed by atoms with E-state index in [0.717, 1.165) is 5.56 Å². The van der Waals surface area contributed by atoms with Crippen molar-refractivity contribution in [3.05, 3.63) is 46.0 Å². The minimum absolute atomic E-state index is 0.169. The standard InChI is InChI=1S/C16H24N6O4/c1-11(23)14(8-5-9-19-16(18)21-22(25)26)20-15(24)13(17)10-12-6-3-2-4-7-12/h2-4,6-7,13-14H,5,8-10,17H2,1H3,(H,20,24)(H3,18,19,21)/p+1/t13-,14+/m1/s1. The van der Waals surface area contributed by atoms with Crippen LogP contribution in [0, 0.1) is 10.1 Å². The lowest BCUT2D eigenvalue weighted by molar-refractivity contribution is -0.485. The van der Waals surface area contributed by atoms with Gasteiger partial charge >= 0.3 is 0 Å². The maximum atomic E-state index is 12.3. The molecule has 0 aliphatic carbocycles. The molecule has 1 aromatic rings. The summed E-state index contributed by atoms with van der Waals surface area (Å²) in [6, 6.07) is 8.34. The first-order chi connectivity index (χ1) is 12.3. The highest BCUT2D eigenvalue weighted by Gasteiger charge is 2.23. The van der Waals surface area contributed by atoms with Crippen molar-refractivity contribution in [2.75, 3.05) is 6.54 Å². The van der Waals surface area contributed by atoms with Gasteiger partial charge in [0.15, 0.2) is 16.9 Å². The van der Waals surface area contributed by atoms with Crippen molar-refractivity contribution in [1.29, 1.82) is 0 Å². The Morgan fingerprint density at radius 1 is 1.35 bits per heavy atom. The van der Waals surface area contributed by atoms with Crippen LogP contribution >= 0.6 is 0 Å². The molecule has 0 heterocycles. The van der Waals surface area contributed by atoms with Crippen LogP contribution in [0.25, 0.3) is 0 Å². The number of amides is 1. The highest BCUT2D eigenvalue weighted by molar-refractivity contribution is 5.89. The number of quaternary nitrogens is 1. The Balaban J connectivity index is 2.45. The van der Waals surface area contributed by atoms with Crippen molar-refractivity contribution in [1.82, 2.24) is 10.6 Å². The van der Waals surface area contributed by atoms with Gasteiger partial charge in [0.1, 0.15) is 5.10 Å². The van der Waals surface area contributed by atoms with Crippen molar-refractivity contribution in [3.63, 3.8) is 0 Å². The predicted molar refractivity (Wildman–Crippen MR) is 95.3 cm³/mol. The van der Waals surface area contributed by atoms with Gasteiger partial charge in [-0.2, -0.15) is 0 Å². The minimum Gasteiger partial charge on any atom is -0.365 e. The van der Waals surface area contributed by atoms with Crippen molar-refractivity contribution in [2.24, 2.45) is 10.8 Å². The number of guanidine groups is 1. The number of carbonyl (C=O) groups excluding carboxylic acids is 2. The number of nitrogens with two attached hydrogens (primary N) is 1. The van der Waals surface area contributed by atoms with Crippen molar-refractivity contribution in [3.8, 4) is 0 Å². The van der Waals surface area contributed by atoms with E-state index in [2.05, 4.69) is 21.5 Å². The molecule has 0 aliphatic heterocycles. The van der Waals surface area contributed by atoms with E-state index in [1.165, 1.54) is 6.92 Å². The Kier molecular flexibility index (Phi) is 8.71. The number of rotatable bonds is 10. The number of carbonyl (C=O) groups is 2. The second-order valence-corrected chi connectivity index (χ2v) is 5.85. The summed E-state index contributed by atoms with van der Waals surface area (Å²) in [6.07, 6.45) is 1.32. The highest BCUT2D eigenvalue weighted by atomic mass is 16.7. The van der Waals surface area contributed by atoms with Crippen LogP contribution in [0.1, 0.15) is 25.3 Å². The van der Waals surface area contributed by atoms with E-state index in [1.54, 1.807) is 0 Å². The van der Waals surface area contributed by atoms with Crippen LogP contribution in [0.5, 0.6) is 0 Å². The lowest BCUT2D eigenvalue weighted by Crippen LogP contribution is -2.69. The predicted octanol–water partition coefficient (Wildman–Crippen LogP) is -1.21. The first-order valence-corrected chi connectivity index (χ1v) is 8.19. The van der Waals surface area contributed by atoms with Crippen molar-refractivity contribution in [2.45, 2.75) is 38.3 Å². The van der Waals surface area contributed by atoms with Crippen LogP contribution in [0.4, 0.5) is 0 Å². The summed E-state index contributed by atoms with van der Waals surface area (Å²) >= 11 is 0. The number of hydrogen-bond acceptors (Lipinski definition) is 4. The van der Waals surface area contributed by atoms with Gasteiger partial charge in [-0.1, -0.05) is 30.3 Å². The van der Waals surface area contributed by atoms with E-state index in [1.807, 2.05) is 30.3 Å². The van der Waals surface area contributed by atoms with Gasteiger partial charge in [-0.15, -0.1) is 0 Å². The third-order valence-corrected chi connectivity index (χ3v) is 3.67. The lowest BCUT2D eigenvalue weighted by Gasteiger charge is -2.17. The molecule has 1 amide bonds. The summed E-state index contributed by atoms with van der Waals surface area (Å²) in [5, 5.41) is 17.4. The summed E-state index contributed by atoms with van der Waals surface area (Å²) in [4.78, 5) is 34.2. The molecule has 0 aliphatic rings. The number of benzene rings is 1. The molecule has 0 spiro atoms. The Bertz CT molecular complexity index is 649. The molecule has 10 heteroatoms. The second-order valence-electron chi connectivity index (χ2n) is 5.85. The number of nitrogens with zero attached hydrogens (tertiary/aromatic N) is 2. The molecule has 0 aromatic heterocycles. The second kappa shape index (κ2) is 10.8. The highest BCUT2D eigenvalue weighted by Crippen LogP contribution is 2.03. The average molecular weight is 365 g/mol. The summed E-state index contributed by atoms with van der Waals surface area (Å²) < 4.78 is 0. The molecular weight excluding hydrogens is 340 g/mol. The van der Waals surface area contributed by atoms with Gasteiger partial charge in [-0.05, 0) is 25.3 Å². The monoisotopic (exact) mass is 365 g/mol. The van der Waals surface area contributed by atoms with Crippen LogP contribution in [0.15, 0.2) is 35.4 Å². The Morgan fingerprint density at radius 3 is 2.58 bits per heavy atom. The molecule has 142 valence electrons. The molecule has 1 rings (SSSR count). The normalized spacial score (nSPS) is 13.5. The van der Waals surface area contributed by atoms with Gasteiger partial charge in [0.05, 0.1) is 6.04 Å². The van der Waals surface area contributed by atoms with Gasteiger partial charge < -0.3 is 22.1 Å². The Labute approximate surface area is 151 Å². The molecule has 10 nitrogen and oxygen atoms in total. The molecular formula is C16H25N6O4+. The zero-order valence-electron chi connectivity index (χ0n) is 14.7. The van der Waals surface area contributed by atoms with Gasteiger partial charge in [0.2, 0.25) is 0 Å². The third-order valence-electron chi connectivity index (χ3n) is 3.67. The topological polar surface area (TPSA) is 167 Å². The number of nitrogens with one attached hydrogen (secondary N) is 2. The van der Waals surface area contributed by atoms with E-state index >= 15 is 0 Å². The molecule has 0 bridgehead atoms. The molecule has 0 fully saturated rings. The fourth-order valence-electron chi connectivity index (χ4n) is 2.30. The van der Waals surface area contributed by atoms with Crippen LogP contribution < -0.4 is 22.1 Å². The molecule has 0 saturated carbocycles. The zero-order chi connectivity index (χ0) is 19.5. The maximum absolute atomic E-state index is 12.3. The Morgan fingerprint density at radius 2 is 2.00 bits per heavy atom. The number of Topliss-reactive ketones (excluding diaryl/α,β-unsaturated/α-hetero) is 1. The molecule has 2 atom stereocenters. The largest absolute Gasteiger partial charge is 0.365 e. The smallest absolute Gasteiger partial charge is 0.279 e. The summed E-state index contributed by atoms with van der Waals surface area (Å²) in [5.74, 6) is -0.771. The van der Waals surface area contributed by atoms with Gasteiger partial charge in [-0.25, -0.2) is 10.1 Å². The third kappa shape index (κ3) is 8.20. The molecule has 0 unspecified atom stereocenters. The van der Waals surface area contributed by atoms with Crippen molar-refractivity contribution >= 4 is 17.6 Å².